The summed E-state index contributed by atoms with van der Waals surface area (Å²) in [5, 5.41) is 7.84. The van der Waals surface area contributed by atoms with Gasteiger partial charge in [0.1, 0.15) is 5.69 Å². The van der Waals surface area contributed by atoms with E-state index in [4.69, 9.17) is 20.5 Å². The van der Waals surface area contributed by atoms with E-state index < -0.39 is 0 Å². The number of anilines is 1. The van der Waals surface area contributed by atoms with Crippen molar-refractivity contribution >= 4 is 34.3 Å². The number of hydrogen-bond acceptors (Lipinski definition) is 6. The van der Waals surface area contributed by atoms with E-state index in [1.807, 2.05) is 0 Å². The van der Waals surface area contributed by atoms with Crippen molar-refractivity contribution in [2.75, 3.05) is 5.32 Å². The molecular formula is C21H14ClN5O3. The monoisotopic (exact) mass is 419 g/mol. The molecule has 1 aromatic carbocycles. The van der Waals surface area contributed by atoms with Gasteiger partial charge in [0.15, 0.2) is 5.76 Å². The van der Waals surface area contributed by atoms with Gasteiger partial charge < -0.3 is 18.8 Å². The van der Waals surface area contributed by atoms with Gasteiger partial charge in [-0.3, -0.25) is 4.79 Å². The Balaban J connectivity index is 1.52. The molecule has 0 fully saturated rings. The molecule has 1 N–H and O–H groups in total. The molecule has 0 radical (unpaired) electrons. The highest BCUT2D eigenvalue weighted by molar-refractivity contribution is 6.32. The normalized spacial score (nSPS) is 11.1. The quantitative estimate of drug-likeness (QED) is 0.445. The lowest BCUT2D eigenvalue weighted by Crippen LogP contribution is -2.13. The van der Waals surface area contributed by atoms with Gasteiger partial charge >= 0.3 is 0 Å². The Morgan fingerprint density at radius 3 is 2.87 bits per heavy atom. The molecule has 4 aromatic heterocycles. The largest absolute Gasteiger partial charge is 0.463 e. The summed E-state index contributed by atoms with van der Waals surface area (Å²) in [5.74, 6) is 0.181. The fraction of sp³-hybridized carbons (Fsp3) is 0.0476. The molecule has 0 saturated heterocycles. The molecule has 8 nitrogen and oxygen atoms in total. The van der Waals surface area contributed by atoms with Crippen LogP contribution in [0.1, 0.15) is 16.1 Å². The molecule has 0 aliphatic rings. The maximum absolute atomic E-state index is 13.1. The summed E-state index contributed by atoms with van der Waals surface area (Å²) in [7, 11) is 0. The average Bonchev–Trinajstić information content (AvgIpc) is 3.50. The molecule has 5 rings (SSSR count). The van der Waals surface area contributed by atoms with Gasteiger partial charge in [-0.1, -0.05) is 16.8 Å². The zero-order valence-corrected chi connectivity index (χ0v) is 16.4. The molecule has 0 saturated carbocycles. The minimum Gasteiger partial charge on any atom is -0.463 e. The number of rotatable bonds is 4. The van der Waals surface area contributed by atoms with Crippen molar-refractivity contribution in [3.8, 4) is 17.1 Å². The second kappa shape index (κ2) is 7.16. The highest BCUT2D eigenvalue weighted by atomic mass is 35.5. The van der Waals surface area contributed by atoms with Gasteiger partial charge in [0.05, 0.1) is 39.9 Å². The molecule has 1 amide bonds. The van der Waals surface area contributed by atoms with Gasteiger partial charge in [-0.15, -0.1) is 0 Å². The van der Waals surface area contributed by atoms with Crippen LogP contribution in [0.25, 0.3) is 28.2 Å². The number of aryl methyl sites for hydroxylation is 1. The molecule has 0 aliphatic carbocycles. The molecule has 9 heteroatoms. The third-order valence-electron chi connectivity index (χ3n) is 4.62. The first-order valence-corrected chi connectivity index (χ1v) is 9.38. The Kier molecular flexibility index (Phi) is 4.33. The number of halogens is 1. The standard InChI is InChI=1S/C21H14ClN5O3/c1-12-19-14(10-16(18-3-2-8-29-18)25-21(19)30-26-12)20(28)24-13-4-5-17(15(22)9-13)27-7-6-23-11-27/h2-11H,1H3,(H,24,28). The lowest BCUT2D eigenvalue weighted by Gasteiger charge is -2.10. The zero-order chi connectivity index (χ0) is 20.7. The first kappa shape index (κ1) is 18.1. The van der Waals surface area contributed by atoms with Crippen LogP contribution in [-0.2, 0) is 0 Å². The van der Waals surface area contributed by atoms with E-state index in [0.29, 0.717) is 38.8 Å². The summed E-state index contributed by atoms with van der Waals surface area (Å²) >= 11 is 6.40. The van der Waals surface area contributed by atoms with Crippen LogP contribution >= 0.6 is 11.6 Å². The Morgan fingerprint density at radius 1 is 1.23 bits per heavy atom. The van der Waals surface area contributed by atoms with Crippen molar-refractivity contribution in [3.05, 3.63) is 77.7 Å². The van der Waals surface area contributed by atoms with E-state index in [2.05, 4.69) is 20.4 Å². The van der Waals surface area contributed by atoms with Crippen molar-refractivity contribution in [3.63, 3.8) is 0 Å². The van der Waals surface area contributed by atoms with Crippen molar-refractivity contribution < 1.29 is 13.7 Å². The Morgan fingerprint density at radius 2 is 2.13 bits per heavy atom. The van der Waals surface area contributed by atoms with E-state index in [-0.39, 0.29) is 11.6 Å². The van der Waals surface area contributed by atoms with Crippen molar-refractivity contribution in [1.82, 2.24) is 19.7 Å². The third-order valence-corrected chi connectivity index (χ3v) is 4.93. The summed E-state index contributed by atoms with van der Waals surface area (Å²) < 4.78 is 12.5. The van der Waals surface area contributed by atoms with Gasteiger partial charge in [-0.25, -0.2) is 9.97 Å². The number of nitrogens with zero attached hydrogens (tertiary/aromatic N) is 4. The van der Waals surface area contributed by atoms with E-state index in [0.717, 1.165) is 5.69 Å². The molecule has 5 aromatic rings. The zero-order valence-electron chi connectivity index (χ0n) is 15.7. The van der Waals surface area contributed by atoms with Crippen molar-refractivity contribution in [1.29, 1.82) is 0 Å². The molecule has 148 valence electrons. The van der Waals surface area contributed by atoms with Gasteiger partial charge in [-0.05, 0) is 43.3 Å². The second-order valence-corrected chi connectivity index (χ2v) is 6.98. The third kappa shape index (κ3) is 3.13. The number of benzene rings is 1. The predicted octanol–water partition coefficient (Wildman–Crippen LogP) is 4.88. The number of carbonyl (C=O) groups is 1. The molecule has 0 spiro atoms. The SMILES string of the molecule is Cc1noc2nc(-c3ccco3)cc(C(=O)Nc3ccc(-n4ccnc4)c(Cl)c3)c12. The van der Waals surface area contributed by atoms with Crippen molar-refractivity contribution in [2.24, 2.45) is 0 Å². The van der Waals surface area contributed by atoms with Crippen LogP contribution in [0.2, 0.25) is 5.02 Å². The van der Waals surface area contributed by atoms with E-state index >= 15 is 0 Å². The molecule has 0 unspecified atom stereocenters. The number of amides is 1. The Labute approximate surface area is 175 Å². The van der Waals surface area contributed by atoms with Gasteiger partial charge in [0.2, 0.25) is 0 Å². The summed E-state index contributed by atoms with van der Waals surface area (Å²) in [5.41, 5.74) is 2.99. The van der Waals surface area contributed by atoms with Crippen LogP contribution in [-0.4, -0.2) is 25.6 Å². The smallest absolute Gasteiger partial charge is 0.259 e. The average molecular weight is 420 g/mol. The highest BCUT2D eigenvalue weighted by Crippen LogP contribution is 2.29. The maximum atomic E-state index is 13.1. The van der Waals surface area contributed by atoms with Gasteiger partial charge in [0.25, 0.3) is 11.6 Å². The maximum Gasteiger partial charge on any atom is 0.259 e. The first-order valence-electron chi connectivity index (χ1n) is 9.00. The summed E-state index contributed by atoms with van der Waals surface area (Å²) in [6, 6.07) is 10.4. The molecule has 4 heterocycles. The predicted molar refractivity (Wildman–Crippen MR) is 111 cm³/mol. The minimum atomic E-state index is -0.340. The van der Waals surface area contributed by atoms with Crippen LogP contribution in [0.5, 0.6) is 0 Å². The van der Waals surface area contributed by atoms with Crippen LogP contribution in [0.4, 0.5) is 5.69 Å². The molecule has 0 aliphatic heterocycles. The second-order valence-electron chi connectivity index (χ2n) is 6.57. The highest BCUT2D eigenvalue weighted by Gasteiger charge is 2.20. The topological polar surface area (TPSA) is 99.0 Å². The number of hydrogen-bond donors (Lipinski definition) is 1. The lowest BCUT2D eigenvalue weighted by molar-refractivity contribution is 0.102. The Hall–Kier alpha value is -3.91. The van der Waals surface area contributed by atoms with Crippen LogP contribution in [0, 0.1) is 6.92 Å². The Bertz CT molecular complexity index is 1360. The minimum absolute atomic E-state index is 0.264. The fourth-order valence-electron chi connectivity index (χ4n) is 3.22. The molecule has 0 bridgehead atoms. The van der Waals surface area contributed by atoms with Crippen LogP contribution in [0.15, 0.2) is 70.3 Å². The number of imidazole rings is 1. The summed E-state index contributed by atoms with van der Waals surface area (Å²) in [6.45, 7) is 1.76. The van der Waals surface area contributed by atoms with Gasteiger partial charge in [-0.2, -0.15) is 0 Å². The first-order chi connectivity index (χ1) is 14.6. The number of aromatic nitrogens is 4. The van der Waals surface area contributed by atoms with E-state index in [1.54, 1.807) is 66.6 Å². The molecular weight excluding hydrogens is 406 g/mol. The number of pyridine rings is 1. The molecule has 30 heavy (non-hydrogen) atoms. The number of fused-ring (bicyclic) bond motifs is 1. The number of furan rings is 1. The van der Waals surface area contributed by atoms with Crippen LogP contribution < -0.4 is 5.32 Å². The van der Waals surface area contributed by atoms with Crippen molar-refractivity contribution in [2.45, 2.75) is 6.92 Å². The lowest BCUT2D eigenvalue weighted by atomic mass is 10.1. The fourth-order valence-corrected chi connectivity index (χ4v) is 3.50. The number of carbonyl (C=O) groups excluding carboxylic acids is 1. The molecule has 0 atom stereocenters. The number of nitrogens with one attached hydrogen (secondary N) is 1. The van der Waals surface area contributed by atoms with Crippen LogP contribution in [0.3, 0.4) is 0 Å². The van der Waals surface area contributed by atoms with Gasteiger partial charge in [0, 0.05) is 18.1 Å². The van der Waals surface area contributed by atoms with E-state index in [9.17, 15) is 4.79 Å². The van der Waals surface area contributed by atoms with E-state index in [1.165, 1.54) is 6.26 Å². The summed E-state index contributed by atoms with van der Waals surface area (Å²) in [4.78, 5) is 21.6. The summed E-state index contributed by atoms with van der Waals surface area (Å²) in [6.07, 6.45) is 6.64.